The summed E-state index contributed by atoms with van der Waals surface area (Å²) in [5.74, 6) is 0. The molecule has 0 fully saturated rings. The minimum atomic E-state index is 1.31. The number of aryl methyl sites for hydroxylation is 1. The Labute approximate surface area is 67.2 Å². The molecule has 0 aliphatic heterocycles. The van der Waals surface area contributed by atoms with E-state index >= 15 is 0 Å². The van der Waals surface area contributed by atoms with E-state index in [9.17, 15) is 0 Å². The Morgan fingerprint density at radius 3 is 1.91 bits per heavy atom. The number of rotatable bonds is 0. The van der Waals surface area contributed by atoms with E-state index in [0.717, 1.165) is 0 Å². The van der Waals surface area contributed by atoms with Gasteiger partial charge in [-0.25, -0.2) is 0 Å². The molecule has 1 rings (SSSR count). The predicted octanol–water partition coefficient (Wildman–Crippen LogP) is 2.46. The average Bonchev–Trinajstić information content (AvgIpc) is 2.07. The van der Waals surface area contributed by atoms with Crippen LogP contribution in [0.5, 0.6) is 0 Å². The highest BCUT2D eigenvalue weighted by molar-refractivity contribution is 5.51. The standard InChI is InChI=1S/C7H8.C2H5NO/c1-7-5-3-2-4-6-7;1-2-3-4/h2-6H,1H3;2,4H,1H3. The quantitative estimate of drug-likeness (QED) is 0.345. The van der Waals surface area contributed by atoms with Crippen LogP contribution >= 0.6 is 0 Å². The van der Waals surface area contributed by atoms with E-state index in [4.69, 9.17) is 5.21 Å². The summed E-state index contributed by atoms with van der Waals surface area (Å²) in [7, 11) is 0. The lowest BCUT2D eigenvalue weighted by atomic mass is 10.2. The number of benzene rings is 1. The number of oxime groups is 1. The topological polar surface area (TPSA) is 32.6 Å². The molecule has 0 bridgehead atoms. The Kier molecular flexibility index (Phi) is 5.99. The minimum Gasteiger partial charge on any atom is -0.411 e. The van der Waals surface area contributed by atoms with Gasteiger partial charge in [0.2, 0.25) is 0 Å². The average molecular weight is 151 g/mol. The molecule has 2 nitrogen and oxygen atoms in total. The molecule has 0 atom stereocenters. The van der Waals surface area contributed by atoms with Gasteiger partial charge in [-0.3, -0.25) is 0 Å². The Hall–Kier alpha value is -1.31. The molecule has 0 radical (unpaired) electrons. The van der Waals surface area contributed by atoms with Gasteiger partial charge in [0.15, 0.2) is 0 Å². The molecule has 0 saturated carbocycles. The van der Waals surface area contributed by atoms with Crippen molar-refractivity contribution in [3.63, 3.8) is 0 Å². The fraction of sp³-hybridized carbons (Fsp3) is 0.222. The van der Waals surface area contributed by atoms with Crippen LogP contribution in [0.4, 0.5) is 0 Å². The Morgan fingerprint density at radius 1 is 1.27 bits per heavy atom. The molecule has 0 amide bonds. The normalized spacial score (nSPS) is 8.91. The second-order valence-corrected chi connectivity index (χ2v) is 2.03. The molecule has 60 valence electrons. The molecule has 0 aliphatic rings. The van der Waals surface area contributed by atoms with Gasteiger partial charge in [-0.05, 0) is 13.8 Å². The number of nitrogens with zero attached hydrogens (tertiary/aromatic N) is 1. The first-order valence-corrected chi connectivity index (χ1v) is 3.45. The lowest BCUT2D eigenvalue weighted by molar-refractivity contribution is 0.321. The molecule has 11 heavy (non-hydrogen) atoms. The zero-order chi connectivity index (χ0) is 8.53. The van der Waals surface area contributed by atoms with Crippen molar-refractivity contribution in [1.29, 1.82) is 0 Å². The van der Waals surface area contributed by atoms with Crippen molar-refractivity contribution in [2.45, 2.75) is 13.8 Å². The summed E-state index contributed by atoms with van der Waals surface area (Å²) in [6.07, 6.45) is 1.31. The minimum absolute atomic E-state index is 1.31. The van der Waals surface area contributed by atoms with Crippen LogP contribution in [0.2, 0.25) is 0 Å². The molecular formula is C9H13NO. The molecule has 0 aromatic heterocycles. The zero-order valence-electron chi connectivity index (χ0n) is 6.86. The van der Waals surface area contributed by atoms with Gasteiger partial charge >= 0.3 is 0 Å². The van der Waals surface area contributed by atoms with Crippen molar-refractivity contribution in [3.8, 4) is 0 Å². The van der Waals surface area contributed by atoms with Crippen molar-refractivity contribution < 1.29 is 5.21 Å². The Balaban J connectivity index is 0.000000218. The summed E-state index contributed by atoms with van der Waals surface area (Å²) >= 11 is 0. The zero-order valence-corrected chi connectivity index (χ0v) is 6.86. The van der Waals surface area contributed by atoms with E-state index in [0.29, 0.717) is 0 Å². The molecule has 0 heterocycles. The van der Waals surface area contributed by atoms with E-state index < -0.39 is 0 Å². The largest absolute Gasteiger partial charge is 0.411 e. The maximum Gasteiger partial charge on any atom is 0.0404 e. The van der Waals surface area contributed by atoms with Gasteiger partial charge in [0.1, 0.15) is 0 Å². The van der Waals surface area contributed by atoms with Crippen LogP contribution in [-0.2, 0) is 0 Å². The van der Waals surface area contributed by atoms with Crippen molar-refractivity contribution >= 4 is 6.21 Å². The first-order valence-electron chi connectivity index (χ1n) is 3.45. The SMILES string of the molecule is CC=NO.Cc1ccccc1. The number of hydrogen-bond acceptors (Lipinski definition) is 2. The molecule has 1 N–H and O–H groups in total. The highest BCUT2D eigenvalue weighted by Gasteiger charge is 1.72. The third-order valence-electron chi connectivity index (χ3n) is 1.06. The molecule has 1 aromatic rings. The lowest BCUT2D eigenvalue weighted by Gasteiger charge is -1.82. The Bertz CT molecular complexity index is 190. The first kappa shape index (κ1) is 9.69. The van der Waals surface area contributed by atoms with E-state index in [1.54, 1.807) is 6.92 Å². The van der Waals surface area contributed by atoms with Gasteiger partial charge in [0.05, 0.1) is 0 Å². The van der Waals surface area contributed by atoms with Crippen molar-refractivity contribution in [3.05, 3.63) is 35.9 Å². The molecule has 0 unspecified atom stereocenters. The van der Waals surface area contributed by atoms with Gasteiger partial charge in [0.25, 0.3) is 0 Å². The smallest absolute Gasteiger partial charge is 0.0404 e. The first-order chi connectivity index (χ1) is 5.31. The maximum absolute atomic E-state index is 7.44. The van der Waals surface area contributed by atoms with E-state index in [-0.39, 0.29) is 0 Å². The van der Waals surface area contributed by atoms with Gasteiger partial charge in [-0.1, -0.05) is 35.9 Å². The van der Waals surface area contributed by atoms with E-state index in [1.807, 2.05) is 18.2 Å². The molecule has 1 aromatic carbocycles. The van der Waals surface area contributed by atoms with Crippen molar-refractivity contribution in [2.75, 3.05) is 0 Å². The molecule has 2 heteroatoms. The highest BCUT2D eigenvalue weighted by Crippen LogP contribution is 1.92. The third-order valence-corrected chi connectivity index (χ3v) is 1.06. The van der Waals surface area contributed by atoms with Gasteiger partial charge in [-0.15, -0.1) is 5.16 Å². The van der Waals surface area contributed by atoms with Gasteiger partial charge < -0.3 is 5.21 Å². The summed E-state index contributed by atoms with van der Waals surface area (Å²) < 4.78 is 0. The van der Waals surface area contributed by atoms with Crippen LogP contribution in [0.1, 0.15) is 12.5 Å². The van der Waals surface area contributed by atoms with Crippen LogP contribution in [0.3, 0.4) is 0 Å². The Morgan fingerprint density at radius 2 is 1.73 bits per heavy atom. The monoisotopic (exact) mass is 151 g/mol. The van der Waals surface area contributed by atoms with Gasteiger partial charge in [0, 0.05) is 6.21 Å². The van der Waals surface area contributed by atoms with Crippen molar-refractivity contribution in [1.82, 2.24) is 0 Å². The van der Waals surface area contributed by atoms with Crippen LogP contribution in [0, 0.1) is 6.92 Å². The number of hydrogen-bond donors (Lipinski definition) is 1. The van der Waals surface area contributed by atoms with Crippen LogP contribution in [-0.4, -0.2) is 11.4 Å². The predicted molar refractivity (Wildman–Crippen MR) is 47.1 cm³/mol. The van der Waals surface area contributed by atoms with E-state index in [1.165, 1.54) is 11.8 Å². The van der Waals surface area contributed by atoms with Crippen molar-refractivity contribution in [2.24, 2.45) is 5.16 Å². The van der Waals surface area contributed by atoms with E-state index in [2.05, 4.69) is 24.2 Å². The highest BCUT2D eigenvalue weighted by atomic mass is 16.4. The second-order valence-electron chi connectivity index (χ2n) is 2.03. The summed E-state index contributed by atoms with van der Waals surface area (Å²) in [6.45, 7) is 3.72. The van der Waals surface area contributed by atoms with Crippen LogP contribution < -0.4 is 0 Å². The fourth-order valence-electron chi connectivity index (χ4n) is 0.534. The summed E-state index contributed by atoms with van der Waals surface area (Å²) in [6, 6.07) is 10.3. The summed E-state index contributed by atoms with van der Waals surface area (Å²) in [5.41, 5.74) is 1.32. The maximum atomic E-state index is 7.44. The van der Waals surface area contributed by atoms with Crippen LogP contribution in [0.25, 0.3) is 0 Å². The molecular weight excluding hydrogens is 138 g/mol. The van der Waals surface area contributed by atoms with Gasteiger partial charge in [-0.2, -0.15) is 0 Å². The molecule has 0 aliphatic carbocycles. The van der Waals surface area contributed by atoms with Crippen LogP contribution in [0.15, 0.2) is 35.5 Å². The lowest BCUT2D eigenvalue weighted by Crippen LogP contribution is -1.62. The molecule has 0 spiro atoms. The fourth-order valence-corrected chi connectivity index (χ4v) is 0.534. The third kappa shape index (κ3) is 6.58. The summed E-state index contributed by atoms with van der Waals surface area (Å²) in [4.78, 5) is 0. The second kappa shape index (κ2) is 6.81. The summed E-state index contributed by atoms with van der Waals surface area (Å²) in [5, 5.41) is 10.1. The molecule has 0 saturated heterocycles.